The molecule has 1 N–H and O–H groups in total. The van der Waals surface area contributed by atoms with Gasteiger partial charge in [-0.25, -0.2) is 0 Å². The van der Waals surface area contributed by atoms with Crippen LogP contribution in [0.4, 0.5) is 0 Å². The van der Waals surface area contributed by atoms with Gasteiger partial charge in [0.2, 0.25) is 0 Å². The molecule has 1 rings (SSSR count). The fourth-order valence-corrected chi connectivity index (χ4v) is 2.54. The van der Waals surface area contributed by atoms with Gasteiger partial charge in [0.1, 0.15) is 5.75 Å². The summed E-state index contributed by atoms with van der Waals surface area (Å²) in [4.78, 5) is 0. The van der Waals surface area contributed by atoms with Gasteiger partial charge in [-0.05, 0) is 56.7 Å². The molecular weight excluding hydrogens is 258 g/mol. The van der Waals surface area contributed by atoms with Crippen LogP contribution in [0.1, 0.15) is 59.9 Å². The summed E-state index contributed by atoms with van der Waals surface area (Å²) in [5.74, 6) is 1.04. The van der Waals surface area contributed by atoms with Gasteiger partial charge in [-0.1, -0.05) is 45.9 Å². The molecule has 0 radical (unpaired) electrons. The fourth-order valence-electron chi connectivity index (χ4n) is 2.54. The maximum atomic E-state index is 5.92. The van der Waals surface area contributed by atoms with Gasteiger partial charge >= 0.3 is 0 Å². The van der Waals surface area contributed by atoms with Crippen molar-refractivity contribution in [1.82, 2.24) is 5.32 Å². The Balaban J connectivity index is 2.71. The van der Waals surface area contributed by atoms with Crippen LogP contribution in [0.2, 0.25) is 0 Å². The van der Waals surface area contributed by atoms with Crippen LogP contribution in [-0.2, 0) is 6.42 Å². The number of para-hydroxylation sites is 1. The summed E-state index contributed by atoms with van der Waals surface area (Å²) in [5.41, 5.74) is 1.60. The van der Waals surface area contributed by atoms with Crippen LogP contribution in [0.5, 0.6) is 5.75 Å². The number of hydrogen-bond donors (Lipinski definition) is 1. The number of nitrogens with one attached hydrogen (secondary N) is 1. The Hall–Kier alpha value is -1.02. The third-order valence-electron chi connectivity index (χ3n) is 3.72. The molecule has 120 valence electrons. The van der Waals surface area contributed by atoms with Crippen LogP contribution in [0.25, 0.3) is 0 Å². The summed E-state index contributed by atoms with van der Waals surface area (Å²) in [7, 11) is 0. The van der Waals surface area contributed by atoms with Gasteiger partial charge in [-0.3, -0.25) is 0 Å². The molecule has 0 amide bonds. The third kappa shape index (κ3) is 6.52. The average Bonchev–Trinajstić information content (AvgIpc) is 2.38. The summed E-state index contributed by atoms with van der Waals surface area (Å²) in [6.07, 6.45) is 3.60. The molecule has 1 atom stereocenters. The van der Waals surface area contributed by atoms with Gasteiger partial charge < -0.3 is 10.1 Å². The van der Waals surface area contributed by atoms with E-state index in [0.29, 0.717) is 6.04 Å². The fraction of sp³-hybridized carbons (Fsp3) is 0.684. The largest absolute Gasteiger partial charge is 0.491 e. The molecule has 21 heavy (non-hydrogen) atoms. The minimum absolute atomic E-state index is 0.225. The first kappa shape index (κ1) is 18.0. The first-order chi connectivity index (χ1) is 9.84. The summed E-state index contributed by atoms with van der Waals surface area (Å²) in [6.45, 7) is 14.4. The topological polar surface area (TPSA) is 21.3 Å². The standard InChI is InChI=1S/C19H33NO/c1-7-14-20-18(19(4,5)6)13-12-16-10-8-9-11-17(16)21-15(2)3/h8-11,15,18,20H,7,12-14H2,1-6H3. The Morgan fingerprint density at radius 1 is 1.14 bits per heavy atom. The van der Waals surface area contributed by atoms with Crippen LogP contribution >= 0.6 is 0 Å². The minimum atomic E-state index is 0.225. The normalized spacial score (nSPS) is 13.5. The minimum Gasteiger partial charge on any atom is -0.491 e. The van der Waals surface area contributed by atoms with E-state index in [1.807, 2.05) is 0 Å². The summed E-state index contributed by atoms with van der Waals surface area (Å²) in [6, 6.07) is 8.97. The lowest BCUT2D eigenvalue weighted by atomic mass is 9.83. The summed E-state index contributed by atoms with van der Waals surface area (Å²) >= 11 is 0. The number of aryl methyl sites for hydroxylation is 1. The Bertz CT molecular complexity index is 406. The van der Waals surface area contributed by atoms with Crippen molar-refractivity contribution in [2.75, 3.05) is 6.54 Å². The molecule has 0 spiro atoms. The Kier molecular flexibility index (Phi) is 7.24. The van der Waals surface area contributed by atoms with Crippen LogP contribution in [0.3, 0.4) is 0 Å². The van der Waals surface area contributed by atoms with E-state index in [4.69, 9.17) is 4.74 Å². The second-order valence-electron chi connectivity index (χ2n) is 7.19. The highest BCUT2D eigenvalue weighted by Gasteiger charge is 2.23. The van der Waals surface area contributed by atoms with Crippen molar-refractivity contribution in [3.63, 3.8) is 0 Å². The first-order valence-electron chi connectivity index (χ1n) is 8.32. The predicted octanol–water partition coefficient (Wildman–Crippen LogP) is 4.82. The monoisotopic (exact) mass is 291 g/mol. The van der Waals surface area contributed by atoms with Crippen molar-refractivity contribution in [1.29, 1.82) is 0 Å². The molecule has 0 aliphatic carbocycles. The predicted molar refractivity (Wildman–Crippen MR) is 92.1 cm³/mol. The van der Waals surface area contributed by atoms with E-state index in [0.717, 1.165) is 25.1 Å². The molecule has 1 unspecified atom stereocenters. The van der Waals surface area contributed by atoms with Crippen LogP contribution in [0.15, 0.2) is 24.3 Å². The van der Waals surface area contributed by atoms with Gasteiger partial charge in [0.15, 0.2) is 0 Å². The van der Waals surface area contributed by atoms with E-state index in [-0.39, 0.29) is 11.5 Å². The lowest BCUT2D eigenvalue weighted by molar-refractivity contribution is 0.235. The molecule has 2 heteroatoms. The highest BCUT2D eigenvalue weighted by Crippen LogP contribution is 2.26. The lowest BCUT2D eigenvalue weighted by Crippen LogP contribution is -2.41. The van der Waals surface area contributed by atoms with Crippen molar-refractivity contribution >= 4 is 0 Å². The molecular formula is C19H33NO. The quantitative estimate of drug-likeness (QED) is 0.741. The second kappa shape index (κ2) is 8.43. The third-order valence-corrected chi connectivity index (χ3v) is 3.72. The molecule has 0 bridgehead atoms. The smallest absolute Gasteiger partial charge is 0.122 e. The van der Waals surface area contributed by atoms with Crippen LogP contribution in [0, 0.1) is 5.41 Å². The molecule has 0 heterocycles. The maximum absolute atomic E-state index is 5.92. The van der Waals surface area contributed by atoms with Crippen LogP contribution < -0.4 is 10.1 Å². The van der Waals surface area contributed by atoms with E-state index in [1.54, 1.807) is 0 Å². The Morgan fingerprint density at radius 3 is 2.38 bits per heavy atom. The molecule has 0 aliphatic heterocycles. The first-order valence-corrected chi connectivity index (χ1v) is 8.32. The van der Waals surface area contributed by atoms with Crippen LogP contribution in [-0.4, -0.2) is 18.7 Å². The van der Waals surface area contributed by atoms with E-state index in [1.165, 1.54) is 12.0 Å². The summed E-state index contributed by atoms with van der Waals surface area (Å²) < 4.78 is 5.92. The molecule has 0 aromatic heterocycles. The molecule has 0 saturated carbocycles. The Morgan fingerprint density at radius 2 is 1.81 bits per heavy atom. The van der Waals surface area contributed by atoms with E-state index in [2.05, 4.69) is 71.1 Å². The van der Waals surface area contributed by atoms with Gasteiger partial charge in [-0.2, -0.15) is 0 Å². The van der Waals surface area contributed by atoms with Crippen molar-refractivity contribution in [3.8, 4) is 5.75 Å². The average molecular weight is 291 g/mol. The van der Waals surface area contributed by atoms with Gasteiger partial charge in [0, 0.05) is 6.04 Å². The van der Waals surface area contributed by atoms with Crippen molar-refractivity contribution < 1.29 is 4.74 Å². The zero-order valence-corrected chi connectivity index (χ0v) is 14.7. The molecule has 0 aliphatic rings. The molecule has 1 aromatic carbocycles. The van der Waals surface area contributed by atoms with Gasteiger partial charge in [0.25, 0.3) is 0 Å². The molecule has 2 nitrogen and oxygen atoms in total. The van der Waals surface area contributed by atoms with Crippen molar-refractivity contribution in [3.05, 3.63) is 29.8 Å². The summed E-state index contributed by atoms with van der Waals surface area (Å²) in [5, 5.41) is 3.70. The SMILES string of the molecule is CCCNC(CCc1ccccc1OC(C)C)C(C)(C)C. The zero-order chi connectivity index (χ0) is 15.9. The number of ether oxygens (including phenoxy) is 1. The van der Waals surface area contributed by atoms with Gasteiger partial charge in [-0.15, -0.1) is 0 Å². The van der Waals surface area contributed by atoms with Gasteiger partial charge in [0.05, 0.1) is 6.10 Å². The number of hydrogen-bond acceptors (Lipinski definition) is 2. The lowest BCUT2D eigenvalue weighted by Gasteiger charge is -2.32. The van der Waals surface area contributed by atoms with Crippen molar-refractivity contribution in [2.45, 2.75) is 73.0 Å². The zero-order valence-electron chi connectivity index (χ0n) is 14.7. The molecule has 1 aromatic rings. The van der Waals surface area contributed by atoms with E-state index >= 15 is 0 Å². The van der Waals surface area contributed by atoms with Crippen molar-refractivity contribution in [2.24, 2.45) is 5.41 Å². The molecule has 0 fully saturated rings. The maximum Gasteiger partial charge on any atom is 0.122 e. The van der Waals surface area contributed by atoms with E-state index < -0.39 is 0 Å². The number of rotatable bonds is 8. The highest BCUT2D eigenvalue weighted by atomic mass is 16.5. The van der Waals surface area contributed by atoms with E-state index in [9.17, 15) is 0 Å². The molecule has 0 saturated heterocycles. The second-order valence-corrected chi connectivity index (χ2v) is 7.19. The highest BCUT2D eigenvalue weighted by molar-refractivity contribution is 5.33. The number of benzene rings is 1. The Labute approximate surface area is 131 Å².